The van der Waals surface area contributed by atoms with Gasteiger partial charge in [0, 0.05) is 21.4 Å². The van der Waals surface area contributed by atoms with Crippen molar-refractivity contribution < 1.29 is 0 Å². The summed E-state index contributed by atoms with van der Waals surface area (Å²) < 4.78 is 3.98. The normalized spacial score (nSPS) is 10.9. The van der Waals surface area contributed by atoms with Gasteiger partial charge in [-0.05, 0) is 28.1 Å². The molecule has 0 saturated heterocycles. The molecule has 2 rings (SSSR count). The lowest BCUT2D eigenvalue weighted by atomic mass is 10.3. The second kappa shape index (κ2) is 2.85. The first kappa shape index (κ1) is 8.26. The summed E-state index contributed by atoms with van der Waals surface area (Å²) in [6.45, 7) is 0. The molecule has 0 spiro atoms. The summed E-state index contributed by atoms with van der Waals surface area (Å²) >= 11 is 6.91. The fourth-order valence-electron chi connectivity index (χ4n) is 1.23. The van der Waals surface area contributed by atoms with E-state index in [9.17, 15) is 0 Å². The van der Waals surface area contributed by atoms with Crippen molar-refractivity contribution >= 4 is 42.8 Å². The highest BCUT2D eigenvalue weighted by Gasteiger charge is 2.04. The Hall–Kier alpha value is -0.350. The molecule has 4 heteroatoms. The van der Waals surface area contributed by atoms with E-state index in [4.69, 9.17) is 0 Å². The monoisotopic (exact) mass is 288 g/mol. The summed E-state index contributed by atoms with van der Waals surface area (Å²) in [6.07, 6.45) is 1.85. The number of nitrogens with zero attached hydrogens (tertiary/aromatic N) is 2. The summed E-state index contributed by atoms with van der Waals surface area (Å²) in [5, 5.41) is 5.30. The topological polar surface area (TPSA) is 17.8 Å². The van der Waals surface area contributed by atoms with Crippen molar-refractivity contribution in [1.29, 1.82) is 0 Å². The van der Waals surface area contributed by atoms with Crippen LogP contribution in [0, 0.1) is 0 Å². The molecule has 1 aromatic heterocycles. The first-order valence-electron chi connectivity index (χ1n) is 3.45. The van der Waals surface area contributed by atoms with Gasteiger partial charge in [0.25, 0.3) is 0 Å². The molecule has 2 aromatic rings. The van der Waals surface area contributed by atoms with E-state index in [0.717, 1.165) is 19.8 Å². The van der Waals surface area contributed by atoms with E-state index in [2.05, 4.69) is 37.0 Å². The van der Waals surface area contributed by atoms with Gasteiger partial charge in [0.05, 0.1) is 11.7 Å². The molecule has 0 amide bonds. The lowest BCUT2D eigenvalue weighted by Gasteiger charge is -1.98. The van der Waals surface area contributed by atoms with Gasteiger partial charge in [-0.2, -0.15) is 5.10 Å². The Morgan fingerprint density at radius 1 is 1.33 bits per heavy atom. The van der Waals surface area contributed by atoms with E-state index in [1.807, 2.05) is 30.1 Å². The number of hydrogen-bond acceptors (Lipinski definition) is 1. The van der Waals surface area contributed by atoms with Crippen molar-refractivity contribution in [2.75, 3.05) is 0 Å². The highest BCUT2D eigenvalue weighted by molar-refractivity contribution is 9.11. The fraction of sp³-hybridized carbons (Fsp3) is 0.125. The van der Waals surface area contributed by atoms with Crippen LogP contribution in [0.3, 0.4) is 0 Å². The molecule has 1 aromatic carbocycles. The van der Waals surface area contributed by atoms with E-state index in [0.29, 0.717) is 0 Å². The van der Waals surface area contributed by atoms with Gasteiger partial charge in [-0.15, -0.1) is 0 Å². The van der Waals surface area contributed by atoms with Crippen LogP contribution in [-0.2, 0) is 7.05 Å². The Bertz CT molecular complexity index is 434. The van der Waals surface area contributed by atoms with Crippen LogP contribution >= 0.6 is 31.9 Å². The van der Waals surface area contributed by atoms with E-state index in [-0.39, 0.29) is 0 Å². The number of hydrogen-bond donors (Lipinski definition) is 0. The van der Waals surface area contributed by atoms with Crippen molar-refractivity contribution in [2.24, 2.45) is 7.05 Å². The van der Waals surface area contributed by atoms with Crippen LogP contribution in [0.1, 0.15) is 0 Å². The van der Waals surface area contributed by atoms with Crippen LogP contribution < -0.4 is 0 Å². The van der Waals surface area contributed by atoms with Crippen molar-refractivity contribution in [2.45, 2.75) is 0 Å². The zero-order chi connectivity index (χ0) is 8.72. The zero-order valence-electron chi connectivity index (χ0n) is 6.38. The maximum absolute atomic E-state index is 4.16. The third-order valence-electron chi connectivity index (χ3n) is 1.75. The molecule has 0 bridgehead atoms. The molecule has 0 N–H and O–H groups in total. The summed E-state index contributed by atoms with van der Waals surface area (Å²) in [6, 6.07) is 4.07. The maximum atomic E-state index is 4.16. The predicted molar refractivity (Wildman–Crippen MR) is 56.1 cm³/mol. The minimum Gasteiger partial charge on any atom is -0.267 e. The van der Waals surface area contributed by atoms with Crippen molar-refractivity contribution in [3.63, 3.8) is 0 Å². The van der Waals surface area contributed by atoms with Crippen LogP contribution in [0.5, 0.6) is 0 Å². The number of halogens is 2. The number of aryl methyl sites for hydroxylation is 1. The minimum absolute atomic E-state index is 1.06. The molecule has 0 radical (unpaired) electrons. The Morgan fingerprint density at radius 3 is 2.83 bits per heavy atom. The van der Waals surface area contributed by atoms with Crippen molar-refractivity contribution in [3.8, 4) is 0 Å². The van der Waals surface area contributed by atoms with Crippen molar-refractivity contribution in [1.82, 2.24) is 9.78 Å². The summed E-state index contributed by atoms with van der Waals surface area (Å²) in [5.74, 6) is 0. The van der Waals surface area contributed by atoms with Gasteiger partial charge in [-0.1, -0.05) is 15.9 Å². The molecule has 0 aliphatic heterocycles. The molecular weight excluding hydrogens is 284 g/mol. The third kappa shape index (κ3) is 1.19. The van der Waals surface area contributed by atoms with Gasteiger partial charge in [0.15, 0.2) is 0 Å². The van der Waals surface area contributed by atoms with Gasteiger partial charge in [0.1, 0.15) is 0 Å². The molecule has 0 aliphatic carbocycles. The van der Waals surface area contributed by atoms with Crippen LogP contribution in [0.2, 0.25) is 0 Å². The smallest absolute Gasteiger partial charge is 0.0821 e. The molecule has 0 unspecified atom stereocenters. The lowest BCUT2D eigenvalue weighted by molar-refractivity contribution is 0.795. The standard InChI is InChI=1S/C8H6Br2N2/c1-12-8-5(4-11-12)2-6(9)3-7(8)10/h2-4H,1H3. The van der Waals surface area contributed by atoms with Crippen molar-refractivity contribution in [3.05, 3.63) is 27.3 Å². The molecule has 0 saturated carbocycles. The van der Waals surface area contributed by atoms with Gasteiger partial charge < -0.3 is 0 Å². The second-order valence-corrected chi connectivity index (χ2v) is 4.36. The van der Waals surface area contributed by atoms with Gasteiger partial charge >= 0.3 is 0 Å². The lowest BCUT2D eigenvalue weighted by Crippen LogP contribution is -1.89. The quantitative estimate of drug-likeness (QED) is 0.729. The minimum atomic E-state index is 1.06. The van der Waals surface area contributed by atoms with Crippen LogP contribution in [0.15, 0.2) is 27.3 Å². The summed E-state index contributed by atoms with van der Waals surface area (Å²) in [5.41, 5.74) is 1.12. The fourth-order valence-corrected chi connectivity index (χ4v) is 2.75. The molecule has 2 nitrogen and oxygen atoms in total. The first-order valence-corrected chi connectivity index (χ1v) is 5.04. The number of benzene rings is 1. The maximum Gasteiger partial charge on any atom is 0.0821 e. The SMILES string of the molecule is Cn1ncc2cc(Br)cc(Br)c21. The summed E-state index contributed by atoms with van der Waals surface area (Å²) in [4.78, 5) is 0. The molecule has 62 valence electrons. The molecule has 0 aliphatic rings. The Kier molecular flexibility index (Phi) is 1.96. The largest absolute Gasteiger partial charge is 0.267 e. The molecular formula is C8H6Br2N2. The van der Waals surface area contributed by atoms with E-state index < -0.39 is 0 Å². The summed E-state index contributed by atoms with van der Waals surface area (Å²) in [7, 11) is 1.93. The zero-order valence-corrected chi connectivity index (χ0v) is 9.55. The van der Waals surface area contributed by atoms with Crippen LogP contribution in [-0.4, -0.2) is 9.78 Å². The number of aromatic nitrogens is 2. The average molecular weight is 290 g/mol. The predicted octanol–water partition coefficient (Wildman–Crippen LogP) is 3.10. The Labute approximate surface area is 86.8 Å². The van der Waals surface area contributed by atoms with E-state index >= 15 is 0 Å². The first-order chi connectivity index (χ1) is 5.68. The number of fused-ring (bicyclic) bond motifs is 1. The molecule has 1 heterocycles. The van der Waals surface area contributed by atoms with E-state index in [1.165, 1.54) is 0 Å². The van der Waals surface area contributed by atoms with Gasteiger partial charge in [-0.25, -0.2) is 0 Å². The third-order valence-corrected chi connectivity index (χ3v) is 2.81. The van der Waals surface area contributed by atoms with E-state index in [1.54, 1.807) is 0 Å². The Balaban J connectivity index is 2.93. The molecule has 12 heavy (non-hydrogen) atoms. The van der Waals surface area contributed by atoms with Crippen LogP contribution in [0.4, 0.5) is 0 Å². The Morgan fingerprint density at radius 2 is 2.08 bits per heavy atom. The van der Waals surface area contributed by atoms with Crippen LogP contribution in [0.25, 0.3) is 10.9 Å². The highest BCUT2D eigenvalue weighted by Crippen LogP contribution is 2.27. The number of rotatable bonds is 0. The average Bonchev–Trinajstić information content (AvgIpc) is 2.31. The van der Waals surface area contributed by atoms with Gasteiger partial charge in [-0.3, -0.25) is 4.68 Å². The highest BCUT2D eigenvalue weighted by atomic mass is 79.9. The van der Waals surface area contributed by atoms with Gasteiger partial charge in [0.2, 0.25) is 0 Å². The molecule has 0 fully saturated rings. The molecule has 0 atom stereocenters. The second-order valence-electron chi connectivity index (χ2n) is 2.59.